The Balaban J connectivity index is 2.23. The van der Waals surface area contributed by atoms with Gasteiger partial charge in [-0.3, -0.25) is 4.79 Å². The van der Waals surface area contributed by atoms with Crippen LogP contribution in [0.15, 0.2) is 24.3 Å². The van der Waals surface area contributed by atoms with Crippen LogP contribution < -0.4 is 9.64 Å². The van der Waals surface area contributed by atoms with Crippen LogP contribution in [0.25, 0.3) is 0 Å². The first-order valence-electron chi connectivity index (χ1n) is 5.78. The first-order chi connectivity index (χ1) is 8.76. The lowest BCUT2D eigenvalue weighted by molar-refractivity contribution is -0.117. The molecule has 1 atom stereocenters. The van der Waals surface area contributed by atoms with Crippen LogP contribution in [0, 0.1) is 18.3 Å². The molecule has 0 spiro atoms. The minimum Gasteiger partial charge on any atom is -0.479 e. The van der Waals surface area contributed by atoms with Crippen LogP contribution >= 0.6 is 15.9 Å². The molecule has 0 aliphatic carbocycles. The van der Waals surface area contributed by atoms with Gasteiger partial charge in [0.15, 0.2) is 0 Å². The molecule has 1 heterocycles. The number of carbonyl (C=O) groups excluding carboxylic acids is 1. The standard InChI is InChI=1S/C14H14BrNO2/c1-2-7-18-13-6-4-3-5-12(13)16-10-11(9-15)8-14(16)17/h1,3-6,11H,7-10H2. The van der Waals surface area contributed by atoms with E-state index < -0.39 is 0 Å². The number of anilines is 1. The maximum Gasteiger partial charge on any atom is 0.227 e. The number of halogens is 1. The largest absolute Gasteiger partial charge is 0.479 e. The van der Waals surface area contributed by atoms with Gasteiger partial charge in [0.1, 0.15) is 12.4 Å². The van der Waals surface area contributed by atoms with Crippen LogP contribution in [0.1, 0.15) is 6.42 Å². The van der Waals surface area contributed by atoms with Gasteiger partial charge in [-0.2, -0.15) is 0 Å². The van der Waals surface area contributed by atoms with Crippen molar-refractivity contribution in [2.75, 3.05) is 23.4 Å². The van der Waals surface area contributed by atoms with Gasteiger partial charge in [-0.25, -0.2) is 0 Å². The summed E-state index contributed by atoms with van der Waals surface area (Å²) in [5.41, 5.74) is 0.807. The van der Waals surface area contributed by atoms with Crippen molar-refractivity contribution in [3.05, 3.63) is 24.3 Å². The van der Waals surface area contributed by atoms with Gasteiger partial charge in [0.05, 0.1) is 5.69 Å². The van der Waals surface area contributed by atoms with E-state index in [-0.39, 0.29) is 12.5 Å². The highest BCUT2D eigenvalue weighted by Gasteiger charge is 2.31. The average Bonchev–Trinajstić information content (AvgIpc) is 2.78. The molecule has 0 aromatic heterocycles. The summed E-state index contributed by atoms with van der Waals surface area (Å²) in [6.45, 7) is 0.932. The predicted molar refractivity (Wildman–Crippen MR) is 75.0 cm³/mol. The molecule has 2 rings (SSSR count). The van der Waals surface area contributed by atoms with Crippen LogP contribution in [0.4, 0.5) is 5.69 Å². The third-order valence-electron chi connectivity index (χ3n) is 2.89. The Morgan fingerprint density at radius 1 is 1.50 bits per heavy atom. The number of benzene rings is 1. The average molecular weight is 308 g/mol. The van der Waals surface area contributed by atoms with E-state index in [1.807, 2.05) is 24.3 Å². The molecule has 1 fully saturated rings. The highest BCUT2D eigenvalue weighted by atomic mass is 79.9. The van der Waals surface area contributed by atoms with Gasteiger partial charge in [0, 0.05) is 18.3 Å². The number of hydrogen-bond acceptors (Lipinski definition) is 2. The van der Waals surface area contributed by atoms with Crippen molar-refractivity contribution in [3.8, 4) is 18.1 Å². The molecule has 0 N–H and O–H groups in total. The maximum atomic E-state index is 12.0. The second kappa shape index (κ2) is 5.92. The number of terminal acetylenes is 1. The molecule has 0 bridgehead atoms. The lowest BCUT2D eigenvalue weighted by Gasteiger charge is -2.19. The summed E-state index contributed by atoms with van der Waals surface area (Å²) < 4.78 is 5.47. The summed E-state index contributed by atoms with van der Waals surface area (Å²) in [4.78, 5) is 13.8. The van der Waals surface area contributed by atoms with Crippen molar-refractivity contribution in [3.63, 3.8) is 0 Å². The number of para-hydroxylation sites is 2. The number of rotatable bonds is 4. The molecule has 1 aromatic rings. The van der Waals surface area contributed by atoms with Crippen LogP contribution in [0.2, 0.25) is 0 Å². The Bertz CT molecular complexity index is 481. The van der Waals surface area contributed by atoms with E-state index in [0.717, 1.165) is 17.6 Å². The van der Waals surface area contributed by atoms with Crippen molar-refractivity contribution < 1.29 is 9.53 Å². The van der Waals surface area contributed by atoms with Crippen LogP contribution in [0.3, 0.4) is 0 Å². The van der Waals surface area contributed by atoms with E-state index in [1.54, 1.807) is 4.90 Å². The number of ether oxygens (including phenoxy) is 1. The molecule has 1 saturated heterocycles. The normalized spacial score (nSPS) is 18.8. The first kappa shape index (κ1) is 13.0. The summed E-state index contributed by atoms with van der Waals surface area (Å²) in [6.07, 6.45) is 5.77. The number of nitrogens with zero attached hydrogens (tertiary/aromatic N) is 1. The van der Waals surface area contributed by atoms with Gasteiger partial charge >= 0.3 is 0 Å². The lowest BCUT2D eigenvalue weighted by atomic mass is 10.2. The summed E-state index contributed by atoms with van der Waals surface area (Å²) in [6, 6.07) is 7.49. The number of amides is 1. The molecule has 1 aliphatic heterocycles. The molecule has 18 heavy (non-hydrogen) atoms. The third kappa shape index (κ3) is 2.68. The fourth-order valence-electron chi connectivity index (χ4n) is 2.04. The minimum absolute atomic E-state index is 0.135. The summed E-state index contributed by atoms with van der Waals surface area (Å²) in [5, 5.41) is 0.836. The van der Waals surface area contributed by atoms with Gasteiger partial charge in [-0.1, -0.05) is 34.0 Å². The van der Waals surface area contributed by atoms with E-state index in [1.165, 1.54) is 0 Å². The van der Waals surface area contributed by atoms with E-state index in [0.29, 0.717) is 18.1 Å². The number of carbonyl (C=O) groups is 1. The van der Waals surface area contributed by atoms with Gasteiger partial charge in [-0.15, -0.1) is 6.42 Å². The number of hydrogen-bond donors (Lipinski definition) is 0. The Labute approximate surface area is 115 Å². The summed E-state index contributed by atoms with van der Waals surface area (Å²) in [5.74, 6) is 3.59. The van der Waals surface area contributed by atoms with E-state index >= 15 is 0 Å². The Morgan fingerprint density at radius 3 is 2.94 bits per heavy atom. The summed E-state index contributed by atoms with van der Waals surface area (Å²) in [7, 11) is 0. The van der Waals surface area contributed by atoms with E-state index in [9.17, 15) is 4.79 Å². The SMILES string of the molecule is C#CCOc1ccccc1N1CC(CBr)CC1=O. The zero-order chi connectivity index (χ0) is 13.0. The molecule has 1 aliphatic rings. The topological polar surface area (TPSA) is 29.5 Å². The second-order valence-electron chi connectivity index (χ2n) is 4.19. The molecular weight excluding hydrogens is 294 g/mol. The minimum atomic E-state index is 0.135. The highest BCUT2D eigenvalue weighted by Crippen LogP contribution is 2.33. The quantitative estimate of drug-likeness (QED) is 0.631. The third-order valence-corrected chi connectivity index (χ3v) is 3.81. The fourth-order valence-corrected chi connectivity index (χ4v) is 2.47. The van der Waals surface area contributed by atoms with Crippen LogP contribution in [-0.2, 0) is 4.79 Å². The van der Waals surface area contributed by atoms with Gasteiger partial charge in [0.25, 0.3) is 0 Å². The van der Waals surface area contributed by atoms with Crippen molar-refractivity contribution in [2.45, 2.75) is 6.42 Å². The summed E-state index contributed by atoms with van der Waals surface area (Å²) >= 11 is 3.43. The smallest absolute Gasteiger partial charge is 0.227 e. The first-order valence-corrected chi connectivity index (χ1v) is 6.90. The fraction of sp³-hybridized carbons (Fsp3) is 0.357. The Morgan fingerprint density at radius 2 is 2.28 bits per heavy atom. The van der Waals surface area contributed by atoms with Gasteiger partial charge < -0.3 is 9.64 Å². The molecule has 0 radical (unpaired) electrons. The van der Waals surface area contributed by atoms with E-state index in [4.69, 9.17) is 11.2 Å². The van der Waals surface area contributed by atoms with Gasteiger partial charge in [0.2, 0.25) is 5.91 Å². The van der Waals surface area contributed by atoms with Crippen LogP contribution in [-0.4, -0.2) is 24.4 Å². The van der Waals surface area contributed by atoms with Crippen molar-refractivity contribution in [1.82, 2.24) is 0 Å². The Hall–Kier alpha value is -1.47. The second-order valence-corrected chi connectivity index (χ2v) is 4.84. The van der Waals surface area contributed by atoms with Crippen LogP contribution in [0.5, 0.6) is 5.75 Å². The Kier molecular flexibility index (Phi) is 4.27. The monoisotopic (exact) mass is 307 g/mol. The molecular formula is C14H14BrNO2. The molecule has 1 aromatic carbocycles. The van der Waals surface area contributed by atoms with Gasteiger partial charge in [-0.05, 0) is 18.1 Å². The predicted octanol–water partition coefficient (Wildman–Crippen LogP) is 2.45. The van der Waals surface area contributed by atoms with Crippen molar-refractivity contribution >= 4 is 27.5 Å². The zero-order valence-electron chi connectivity index (χ0n) is 9.93. The highest BCUT2D eigenvalue weighted by molar-refractivity contribution is 9.09. The molecule has 0 saturated carbocycles. The lowest BCUT2D eigenvalue weighted by Crippen LogP contribution is -2.25. The maximum absolute atomic E-state index is 12.0. The molecule has 1 amide bonds. The molecule has 1 unspecified atom stereocenters. The van der Waals surface area contributed by atoms with E-state index in [2.05, 4.69) is 21.9 Å². The molecule has 4 heteroatoms. The van der Waals surface area contributed by atoms with Crippen molar-refractivity contribution in [1.29, 1.82) is 0 Å². The number of alkyl halides is 1. The molecule has 3 nitrogen and oxygen atoms in total. The zero-order valence-corrected chi connectivity index (χ0v) is 11.5. The molecule has 94 valence electrons. The van der Waals surface area contributed by atoms with Crippen molar-refractivity contribution in [2.24, 2.45) is 5.92 Å².